The van der Waals surface area contributed by atoms with Crippen molar-refractivity contribution in [2.45, 2.75) is 52.7 Å². The quantitative estimate of drug-likeness (QED) is 0.287. The molecule has 5 heteroatoms. The zero-order chi connectivity index (χ0) is 26.0. The van der Waals surface area contributed by atoms with Crippen LogP contribution in [-0.4, -0.2) is 25.3 Å². The molecule has 2 unspecified atom stereocenters. The van der Waals surface area contributed by atoms with E-state index in [-0.39, 0.29) is 17.4 Å². The highest BCUT2D eigenvalue weighted by Gasteiger charge is 2.28. The first-order valence-corrected chi connectivity index (χ1v) is 13.0. The zero-order valence-corrected chi connectivity index (χ0v) is 22.5. The number of carbonyl (C=O) groups excluding carboxylic acids is 1. The molecule has 0 aliphatic carbocycles. The molecule has 0 bridgehead atoms. The molecule has 192 valence electrons. The monoisotopic (exact) mass is 507 g/mol. The summed E-state index contributed by atoms with van der Waals surface area (Å²) in [4.78, 5) is 12.9. The molecule has 0 fully saturated rings. The lowest BCUT2D eigenvalue weighted by atomic mass is 9.80. The van der Waals surface area contributed by atoms with Crippen molar-refractivity contribution in [1.82, 2.24) is 5.32 Å². The van der Waals surface area contributed by atoms with Crippen LogP contribution in [0.4, 0.5) is 4.79 Å². The summed E-state index contributed by atoms with van der Waals surface area (Å²) in [6.07, 6.45) is 0.380. The first-order chi connectivity index (χ1) is 17.3. The van der Waals surface area contributed by atoms with E-state index in [1.165, 1.54) is 0 Å². The van der Waals surface area contributed by atoms with E-state index in [1.54, 1.807) is 0 Å². The summed E-state index contributed by atoms with van der Waals surface area (Å²) in [5, 5.41) is 3.77. The average Bonchev–Trinajstić information content (AvgIpc) is 2.86. The lowest BCUT2D eigenvalue weighted by Crippen LogP contribution is -2.43. The van der Waals surface area contributed by atoms with Crippen LogP contribution in [0.3, 0.4) is 0 Å². The van der Waals surface area contributed by atoms with E-state index >= 15 is 0 Å². The van der Waals surface area contributed by atoms with Crippen LogP contribution in [0.2, 0.25) is 5.02 Å². The van der Waals surface area contributed by atoms with Crippen molar-refractivity contribution in [3.8, 4) is 0 Å². The Morgan fingerprint density at radius 3 is 2.00 bits per heavy atom. The van der Waals surface area contributed by atoms with Crippen LogP contribution in [0.1, 0.15) is 56.7 Å². The van der Waals surface area contributed by atoms with Gasteiger partial charge in [0.25, 0.3) is 0 Å². The number of hydrogen-bond acceptors (Lipinski definition) is 3. The lowest BCUT2D eigenvalue weighted by Gasteiger charge is -2.29. The third-order valence-electron chi connectivity index (χ3n) is 6.80. The first-order valence-electron chi connectivity index (χ1n) is 12.6. The maximum Gasteiger partial charge on any atom is 0.407 e. The molecule has 36 heavy (non-hydrogen) atoms. The number of nitrogens with one attached hydrogen (secondary N) is 1. The molecule has 3 aromatic carbocycles. The highest BCUT2D eigenvalue weighted by atomic mass is 35.5. The molecule has 0 radical (unpaired) electrons. The van der Waals surface area contributed by atoms with Gasteiger partial charge in [-0.2, -0.15) is 0 Å². The number of amides is 1. The van der Waals surface area contributed by atoms with Gasteiger partial charge in [0, 0.05) is 10.9 Å². The minimum Gasteiger partial charge on any atom is -0.450 e. The van der Waals surface area contributed by atoms with E-state index < -0.39 is 6.09 Å². The van der Waals surface area contributed by atoms with Gasteiger partial charge >= 0.3 is 6.09 Å². The predicted molar refractivity (Wildman–Crippen MR) is 147 cm³/mol. The Bertz CT molecular complexity index is 1030. The summed E-state index contributed by atoms with van der Waals surface area (Å²) in [5.74, 6) is 0.320. The van der Waals surface area contributed by atoms with Gasteiger partial charge in [-0.05, 0) is 40.5 Å². The normalized spacial score (nSPS) is 13.3. The largest absolute Gasteiger partial charge is 0.450 e. The summed E-state index contributed by atoms with van der Waals surface area (Å²) in [7, 11) is 0. The van der Waals surface area contributed by atoms with Gasteiger partial charge in [-0.25, -0.2) is 4.79 Å². The fourth-order valence-corrected chi connectivity index (χ4v) is 4.26. The molecule has 3 rings (SSSR count). The molecule has 3 aromatic rings. The Labute approximate surface area is 221 Å². The molecule has 0 aliphatic rings. The molecule has 1 amide bonds. The molecular formula is C31H38ClNO3. The van der Waals surface area contributed by atoms with Crippen molar-refractivity contribution in [2.75, 3.05) is 13.2 Å². The Morgan fingerprint density at radius 2 is 1.44 bits per heavy atom. The Kier molecular flexibility index (Phi) is 10.4. The Morgan fingerprint density at radius 1 is 0.889 bits per heavy atom. The van der Waals surface area contributed by atoms with Crippen molar-refractivity contribution in [3.63, 3.8) is 0 Å². The van der Waals surface area contributed by atoms with Gasteiger partial charge in [-0.15, -0.1) is 0 Å². The molecule has 0 aromatic heterocycles. The van der Waals surface area contributed by atoms with Crippen LogP contribution < -0.4 is 5.32 Å². The molecule has 2 atom stereocenters. The fourth-order valence-electron chi connectivity index (χ4n) is 4.06. The maximum atomic E-state index is 12.9. The minimum atomic E-state index is -0.431. The minimum absolute atomic E-state index is 0.111. The van der Waals surface area contributed by atoms with Gasteiger partial charge in [-0.3, -0.25) is 0 Å². The third-order valence-corrected chi connectivity index (χ3v) is 7.17. The predicted octanol–water partition coefficient (Wildman–Crippen LogP) is 7.86. The van der Waals surface area contributed by atoms with E-state index in [9.17, 15) is 4.79 Å². The molecule has 0 saturated heterocycles. The summed E-state index contributed by atoms with van der Waals surface area (Å²) in [6, 6.07) is 27.6. The second-order valence-electron chi connectivity index (χ2n) is 10.3. The number of ether oxygens (including phenoxy) is 2. The molecule has 1 N–H and O–H groups in total. The van der Waals surface area contributed by atoms with Gasteiger partial charge in [0.15, 0.2) is 0 Å². The molecule has 0 spiro atoms. The molecular weight excluding hydrogens is 470 g/mol. The third kappa shape index (κ3) is 8.39. The Balaban J connectivity index is 1.77. The second-order valence-corrected chi connectivity index (χ2v) is 10.8. The zero-order valence-electron chi connectivity index (χ0n) is 21.7. The van der Waals surface area contributed by atoms with Crippen LogP contribution in [0, 0.1) is 11.3 Å². The van der Waals surface area contributed by atoms with Gasteiger partial charge in [0.1, 0.15) is 0 Å². The van der Waals surface area contributed by atoms with E-state index in [0.717, 1.165) is 23.1 Å². The summed E-state index contributed by atoms with van der Waals surface area (Å²) >= 11 is 6.32. The van der Waals surface area contributed by atoms with Crippen LogP contribution in [0.5, 0.6) is 0 Å². The van der Waals surface area contributed by atoms with E-state index in [2.05, 4.69) is 57.3 Å². The topological polar surface area (TPSA) is 47.6 Å². The van der Waals surface area contributed by atoms with E-state index in [4.69, 9.17) is 21.1 Å². The first kappa shape index (κ1) is 27.8. The van der Waals surface area contributed by atoms with E-state index in [1.807, 2.05) is 60.7 Å². The van der Waals surface area contributed by atoms with Crippen LogP contribution in [0.25, 0.3) is 0 Å². The Hall–Kier alpha value is -2.82. The van der Waals surface area contributed by atoms with Crippen LogP contribution >= 0.6 is 11.6 Å². The van der Waals surface area contributed by atoms with Crippen molar-refractivity contribution >= 4 is 17.7 Å². The number of hydrogen-bond donors (Lipinski definition) is 1. The van der Waals surface area contributed by atoms with Gasteiger partial charge < -0.3 is 14.8 Å². The lowest BCUT2D eigenvalue weighted by molar-refractivity contribution is 0.0833. The highest BCUT2D eigenvalue weighted by molar-refractivity contribution is 6.31. The number of rotatable bonds is 11. The molecule has 0 saturated carbocycles. The van der Waals surface area contributed by atoms with Crippen LogP contribution in [-0.2, 0) is 16.1 Å². The van der Waals surface area contributed by atoms with Crippen molar-refractivity contribution < 1.29 is 14.3 Å². The standard InChI is InChI=1S/C31H38ClNO3/c1-23(31(2,3)4)19-20-36-30(34)33-28(22-35-21-26-17-11-12-18-27(26)32)29(24-13-7-5-8-14-24)25-15-9-6-10-16-25/h5-18,23,28-29H,19-22H2,1-4H3,(H,33,34). The number of carbonyl (C=O) groups is 1. The number of alkyl carbamates (subject to hydrolysis) is 1. The summed E-state index contributed by atoms with van der Waals surface area (Å²) < 4.78 is 11.7. The maximum absolute atomic E-state index is 12.9. The van der Waals surface area contributed by atoms with Crippen molar-refractivity contribution in [1.29, 1.82) is 0 Å². The van der Waals surface area contributed by atoms with Crippen molar-refractivity contribution in [2.24, 2.45) is 11.3 Å². The molecule has 0 aliphatic heterocycles. The summed E-state index contributed by atoms with van der Waals surface area (Å²) in [6.45, 7) is 9.82. The average molecular weight is 508 g/mol. The van der Waals surface area contributed by atoms with Gasteiger partial charge in [-0.1, -0.05) is 118 Å². The number of benzene rings is 3. The van der Waals surface area contributed by atoms with Crippen molar-refractivity contribution in [3.05, 3.63) is 107 Å². The second kappa shape index (κ2) is 13.5. The van der Waals surface area contributed by atoms with E-state index in [0.29, 0.717) is 30.8 Å². The highest BCUT2D eigenvalue weighted by Crippen LogP contribution is 2.30. The molecule has 4 nitrogen and oxygen atoms in total. The fraction of sp³-hybridized carbons (Fsp3) is 0.387. The SMILES string of the molecule is CC(CCOC(=O)NC(COCc1ccccc1Cl)C(c1ccccc1)c1ccccc1)C(C)(C)C. The summed E-state index contributed by atoms with van der Waals surface area (Å²) in [5.41, 5.74) is 3.27. The van der Waals surface area contributed by atoms with Gasteiger partial charge in [0.05, 0.1) is 25.9 Å². The smallest absolute Gasteiger partial charge is 0.407 e. The van der Waals surface area contributed by atoms with Crippen LogP contribution in [0.15, 0.2) is 84.9 Å². The van der Waals surface area contributed by atoms with Gasteiger partial charge in [0.2, 0.25) is 0 Å². The molecule has 0 heterocycles. The number of halogens is 1.